The first-order valence-corrected chi connectivity index (χ1v) is 19.0. The molecule has 12 heteroatoms. The van der Waals surface area contributed by atoms with Crippen LogP contribution in [0.5, 0.6) is 5.75 Å². The number of H-pyrrole nitrogens is 1. The molecule has 0 radical (unpaired) electrons. The van der Waals surface area contributed by atoms with Gasteiger partial charge in [-0.05, 0) is 75.0 Å². The Morgan fingerprint density at radius 2 is 1.72 bits per heavy atom. The molecule has 1 N–H and O–H groups in total. The van der Waals surface area contributed by atoms with E-state index in [-0.39, 0.29) is 35.5 Å². The number of likely N-dealkylation sites (tertiary alicyclic amines) is 2. The Bertz CT molecular complexity index is 1820. The summed E-state index contributed by atoms with van der Waals surface area (Å²) < 4.78 is 61.8. The molecule has 3 heterocycles. The average Bonchev–Trinajstić information content (AvgIpc) is 3.66. The molecule has 2 atom stereocenters. The van der Waals surface area contributed by atoms with Crippen molar-refractivity contribution in [3.8, 4) is 5.75 Å². The van der Waals surface area contributed by atoms with E-state index in [1.54, 1.807) is 30.0 Å². The summed E-state index contributed by atoms with van der Waals surface area (Å²) in [6.45, 7) is 13.5. The van der Waals surface area contributed by atoms with Gasteiger partial charge in [0.15, 0.2) is 0 Å². The van der Waals surface area contributed by atoms with E-state index in [0.717, 1.165) is 38.0 Å². The van der Waals surface area contributed by atoms with Crippen molar-refractivity contribution in [3.63, 3.8) is 0 Å². The predicted molar refractivity (Wildman–Crippen MR) is 203 cm³/mol. The molecule has 4 aliphatic rings. The van der Waals surface area contributed by atoms with Crippen molar-refractivity contribution in [3.05, 3.63) is 93.4 Å². The number of aliphatic imine (C=N–C) groups is 1. The molecular weight excluding hydrogens is 686 g/mol. The molecule has 2 aliphatic carbocycles. The van der Waals surface area contributed by atoms with Crippen LogP contribution < -0.4 is 10.3 Å². The normalized spacial score (nSPS) is 20.8. The highest BCUT2D eigenvalue weighted by molar-refractivity contribution is 5.98. The third-order valence-electron chi connectivity index (χ3n) is 9.76. The van der Waals surface area contributed by atoms with E-state index < -0.39 is 23.5 Å². The molecule has 1 amide bonds. The molecule has 8 nitrogen and oxygen atoms in total. The number of unbranched alkanes of at least 4 members (excludes halogenated alkanes) is 1. The van der Waals surface area contributed by atoms with Gasteiger partial charge in [-0.25, -0.2) is 14.5 Å². The number of halogens is 4. The van der Waals surface area contributed by atoms with Gasteiger partial charge in [0.2, 0.25) is 0 Å². The van der Waals surface area contributed by atoms with Crippen LogP contribution in [0.15, 0.2) is 87.1 Å². The maximum absolute atomic E-state index is 15.4. The van der Waals surface area contributed by atoms with Crippen molar-refractivity contribution in [2.75, 3.05) is 26.2 Å². The molecule has 2 unspecified atom stereocenters. The monoisotopic (exact) mass is 739 g/mol. The van der Waals surface area contributed by atoms with Crippen molar-refractivity contribution in [2.24, 2.45) is 16.8 Å². The molecular formula is C41H53F4N5O3. The molecule has 288 valence electrons. The summed E-state index contributed by atoms with van der Waals surface area (Å²) in [5.41, 5.74) is 0.148. The fourth-order valence-corrected chi connectivity index (χ4v) is 6.73. The van der Waals surface area contributed by atoms with E-state index in [2.05, 4.69) is 15.2 Å². The number of carbonyl (C=O) groups excluding carboxylic acids is 1. The molecule has 1 aromatic heterocycles. The first-order valence-electron chi connectivity index (χ1n) is 19.0. The number of benzene rings is 1. The highest BCUT2D eigenvalue weighted by Crippen LogP contribution is 2.35. The van der Waals surface area contributed by atoms with Crippen LogP contribution in [-0.2, 0) is 11.2 Å². The van der Waals surface area contributed by atoms with Crippen LogP contribution in [0.3, 0.4) is 0 Å². The van der Waals surface area contributed by atoms with Crippen molar-refractivity contribution in [2.45, 2.75) is 98.8 Å². The van der Waals surface area contributed by atoms with Gasteiger partial charge >= 0.3 is 6.18 Å². The second-order valence-corrected chi connectivity index (χ2v) is 13.3. The number of amidine groups is 1. The summed E-state index contributed by atoms with van der Waals surface area (Å²) in [5.74, 6) is 0.339. The number of carbonyl (C=O) groups is 1. The number of amides is 1. The lowest BCUT2D eigenvalue weighted by Gasteiger charge is -2.26. The molecule has 1 aromatic carbocycles. The number of aromatic nitrogens is 2. The summed E-state index contributed by atoms with van der Waals surface area (Å²) in [7, 11) is 0. The SMILES string of the molecule is CC.CC.CCC/C=C/C(=C\N=C(C)N1CC2CN(C(=O)C3=CC(Cc4n[nH]c(=O)c5ccc(OC6CCC6)cc45)=CCC=C3F)CC2C1)C(F)(F)F. The van der Waals surface area contributed by atoms with Gasteiger partial charge in [0.25, 0.3) is 11.5 Å². The Labute approximate surface area is 310 Å². The number of rotatable bonds is 9. The molecule has 2 aliphatic heterocycles. The first-order chi connectivity index (χ1) is 25.5. The van der Waals surface area contributed by atoms with Crippen molar-refractivity contribution < 1.29 is 27.1 Å². The van der Waals surface area contributed by atoms with Crippen LogP contribution in [0, 0.1) is 11.8 Å². The number of hydrogen-bond donors (Lipinski definition) is 1. The lowest BCUT2D eigenvalue weighted by atomic mass is 9.96. The molecule has 0 bridgehead atoms. The van der Waals surface area contributed by atoms with E-state index in [9.17, 15) is 22.8 Å². The van der Waals surface area contributed by atoms with E-state index in [1.165, 1.54) is 12.2 Å². The summed E-state index contributed by atoms with van der Waals surface area (Å²) >= 11 is 0. The zero-order valence-corrected chi connectivity index (χ0v) is 31.7. The van der Waals surface area contributed by atoms with Gasteiger partial charge in [0.1, 0.15) is 17.4 Å². The van der Waals surface area contributed by atoms with Crippen LogP contribution >= 0.6 is 0 Å². The third kappa shape index (κ3) is 10.4. The number of allylic oxidation sites excluding steroid dienone is 7. The first kappa shape index (κ1) is 41.3. The summed E-state index contributed by atoms with van der Waals surface area (Å²) in [6, 6.07) is 5.33. The van der Waals surface area contributed by atoms with Gasteiger partial charge in [0, 0.05) is 56.0 Å². The summed E-state index contributed by atoms with van der Waals surface area (Å²) in [4.78, 5) is 34.0. The zero-order valence-electron chi connectivity index (χ0n) is 31.7. The maximum Gasteiger partial charge on any atom is 0.417 e. The molecule has 3 fully saturated rings. The Morgan fingerprint density at radius 1 is 1.04 bits per heavy atom. The van der Waals surface area contributed by atoms with Gasteiger partial charge in [-0.1, -0.05) is 59.3 Å². The summed E-state index contributed by atoms with van der Waals surface area (Å²) in [6.07, 6.45) is 8.92. The highest BCUT2D eigenvalue weighted by Gasteiger charge is 2.43. The zero-order chi connectivity index (χ0) is 38.7. The van der Waals surface area contributed by atoms with Crippen molar-refractivity contribution in [1.82, 2.24) is 20.0 Å². The van der Waals surface area contributed by atoms with Crippen molar-refractivity contribution >= 4 is 22.5 Å². The van der Waals surface area contributed by atoms with Crippen LogP contribution in [-0.4, -0.2) is 70.2 Å². The topological polar surface area (TPSA) is 90.9 Å². The number of alkyl halides is 3. The fourth-order valence-electron chi connectivity index (χ4n) is 6.73. The lowest BCUT2D eigenvalue weighted by molar-refractivity contribution is -0.126. The number of aromatic amines is 1. The predicted octanol–water partition coefficient (Wildman–Crippen LogP) is 9.17. The maximum atomic E-state index is 15.4. The summed E-state index contributed by atoms with van der Waals surface area (Å²) in [5, 5.41) is 8.00. The number of ether oxygens (including phenoxy) is 1. The Balaban J connectivity index is 0.00000152. The van der Waals surface area contributed by atoms with E-state index in [1.807, 2.05) is 51.7 Å². The minimum atomic E-state index is -4.50. The highest BCUT2D eigenvalue weighted by atomic mass is 19.4. The smallest absolute Gasteiger partial charge is 0.417 e. The second kappa shape index (κ2) is 19.0. The van der Waals surface area contributed by atoms with Crippen LogP contribution in [0.4, 0.5) is 17.6 Å². The van der Waals surface area contributed by atoms with Gasteiger partial charge in [0.05, 0.1) is 28.3 Å². The average molecular weight is 740 g/mol. The second-order valence-electron chi connectivity index (χ2n) is 13.3. The van der Waals surface area contributed by atoms with Gasteiger partial charge < -0.3 is 14.5 Å². The van der Waals surface area contributed by atoms with Gasteiger partial charge in [-0.15, -0.1) is 0 Å². The molecule has 0 spiro atoms. The number of nitrogens with one attached hydrogen (secondary N) is 1. The number of nitrogens with zero attached hydrogens (tertiary/aromatic N) is 4. The minimum absolute atomic E-state index is 0.0259. The molecule has 53 heavy (non-hydrogen) atoms. The van der Waals surface area contributed by atoms with E-state index in [4.69, 9.17) is 4.74 Å². The Morgan fingerprint density at radius 3 is 2.34 bits per heavy atom. The van der Waals surface area contributed by atoms with E-state index >= 15 is 4.39 Å². The quantitative estimate of drug-likeness (QED) is 0.120. The molecule has 2 saturated heterocycles. The lowest BCUT2D eigenvalue weighted by Crippen LogP contribution is -2.35. The van der Waals surface area contributed by atoms with E-state index in [0.29, 0.717) is 72.6 Å². The molecule has 1 saturated carbocycles. The number of fused-ring (bicyclic) bond motifs is 2. The van der Waals surface area contributed by atoms with Gasteiger partial charge in [-0.3, -0.25) is 9.59 Å². The van der Waals surface area contributed by atoms with Crippen LogP contribution in [0.2, 0.25) is 0 Å². The Hall–Kier alpha value is -4.48. The largest absolute Gasteiger partial charge is 0.490 e. The minimum Gasteiger partial charge on any atom is -0.490 e. The third-order valence-corrected chi connectivity index (χ3v) is 9.76. The standard InChI is InChI=1S/C37H41F4N5O3.2C2H6/c1-3-4-5-9-27(37(39,40)41)18-42-23(2)45-19-25-21-46(22-26(25)20-45)36(48)32-15-24(8-6-12-33(32)38)16-34-31-17-29(49-28-10-7-11-28)13-14-30(31)35(47)44-43-34;2*1-2/h5,8-9,12-15,17-18,25-26,28H,3-4,6-7,10-11,16,19-22H2,1-2H3,(H,44,47);2*1-2H3/b9-5+,27-18+,42-23?;;. The van der Waals surface area contributed by atoms with Crippen LogP contribution in [0.1, 0.15) is 85.8 Å². The Kier molecular flexibility index (Phi) is 14.8. The van der Waals surface area contributed by atoms with Crippen LogP contribution in [0.25, 0.3) is 10.8 Å². The van der Waals surface area contributed by atoms with Gasteiger partial charge in [-0.2, -0.15) is 18.3 Å². The number of hydrogen-bond acceptors (Lipinski definition) is 5. The molecule has 2 aromatic rings. The fraction of sp³-hybridized carbons (Fsp3) is 0.512. The van der Waals surface area contributed by atoms with Crippen molar-refractivity contribution in [1.29, 1.82) is 0 Å². The molecule has 6 rings (SSSR count).